The van der Waals surface area contributed by atoms with Crippen molar-refractivity contribution in [3.8, 4) is 9.88 Å². The number of alkyl halides is 3. The van der Waals surface area contributed by atoms with Gasteiger partial charge in [0, 0.05) is 10.2 Å². The Kier molecular flexibility index (Phi) is 4.20. The number of halogens is 4. The van der Waals surface area contributed by atoms with Crippen LogP contribution in [-0.2, 0) is 6.18 Å². The Morgan fingerprint density at radius 2 is 1.95 bits per heavy atom. The predicted octanol–water partition coefficient (Wildman–Crippen LogP) is 5.79. The van der Waals surface area contributed by atoms with Gasteiger partial charge >= 0.3 is 6.18 Å². The smallest absolute Gasteiger partial charge is 0.330 e. The molecule has 0 aliphatic carbocycles. The Bertz CT molecular complexity index is 798. The van der Waals surface area contributed by atoms with Crippen molar-refractivity contribution < 1.29 is 13.2 Å². The van der Waals surface area contributed by atoms with Crippen molar-refractivity contribution in [1.82, 2.24) is 10.2 Å². The zero-order chi connectivity index (χ0) is 15.7. The van der Waals surface area contributed by atoms with E-state index in [9.17, 15) is 13.2 Å². The van der Waals surface area contributed by atoms with Crippen molar-refractivity contribution >= 4 is 49.4 Å². The second-order valence-corrected chi connectivity index (χ2v) is 6.96. The highest BCUT2D eigenvalue weighted by Gasteiger charge is 2.30. The largest absolute Gasteiger partial charge is 0.416 e. The lowest BCUT2D eigenvalue weighted by atomic mass is 10.2. The van der Waals surface area contributed by atoms with E-state index in [1.54, 1.807) is 6.07 Å². The molecule has 2 aromatic heterocycles. The monoisotopic (exact) mass is 405 g/mol. The number of nitrogens with one attached hydrogen (secondary N) is 1. The SMILES string of the molecule is FC(F)(F)c1cccc(Nc2nnc(-c3sccc3Br)s2)c1. The predicted molar refractivity (Wildman–Crippen MR) is 85.6 cm³/mol. The topological polar surface area (TPSA) is 37.8 Å². The molecule has 3 rings (SSSR count). The molecule has 1 N–H and O–H groups in total. The number of aromatic nitrogens is 2. The maximum Gasteiger partial charge on any atom is 0.416 e. The van der Waals surface area contributed by atoms with Crippen molar-refractivity contribution in [2.24, 2.45) is 0 Å². The molecule has 0 unspecified atom stereocenters. The summed E-state index contributed by atoms with van der Waals surface area (Å²) in [5, 5.41) is 13.9. The van der Waals surface area contributed by atoms with E-state index in [-0.39, 0.29) is 0 Å². The van der Waals surface area contributed by atoms with Gasteiger partial charge in [0.1, 0.15) is 0 Å². The Morgan fingerprint density at radius 3 is 2.64 bits per heavy atom. The molecule has 0 saturated heterocycles. The van der Waals surface area contributed by atoms with Crippen LogP contribution in [0, 0.1) is 0 Å². The molecule has 0 radical (unpaired) electrons. The standard InChI is InChI=1S/C13H7BrF3N3S2/c14-9-4-5-21-10(9)11-19-20-12(22-11)18-8-3-1-2-7(6-8)13(15,16)17/h1-6H,(H,18,20). The van der Waals surface area contributed by atoms with Gasteiger partial charge < -0.3 is 5.32 Å². The Balaban J connectivity index is 1.83. The minimum absolute atomic E-state index is 0.322. The summed E-state index contributed by atoms with van der Waals surface area (Å²) < 4.78 is 39.0. The third-order valence-electron chi connectivity index (χ3n) is 2.68. The van der Waals surface area contributed by atoms with Crippen LogP contribution in [0.4, 0.5) is 24.0 Å². The summed E-state index contributed by atoms with van der Waals surface area (Å²) in [6.07, 6.45) is -4.37. The van der Waals surface area contributed by atoms with Crippen molar-refractivity contribution in [2.75, 3.05) is 5.32 Å². The van der Waals surface area contributed by atoms with Crippen LogP contribution >= 0.6 is 38.6 Å². The quantitative estimate of drug-likeness (QED) is 0.598. The van der Waals surface area contributed by atoms with Gasteiger partial charge in [-0.1, -0.05) is 17.4 Å². The minimum atomic E-state index is -4.37. The van der Waals surface area contributed by atoms with E-state index in [4.69, 9.17) is 0 Å². The maximum atomic E-state index is 12.7. The van der Waals surface area contributed by atoms with E-state index in [0.29, 0.717) is 15.8 Å². The Hall–Kier alpha value is -1.45. The molecule has 22 heavy (non-hydrogen) atoms. The normalized spacial score (nSPS) is 11.6. The summed E-state index contributed by atoms with van der Waals surface area (Å²) in [5.74, 6) is 0. The van der Waals surface area contributed by atoms with Crippen LogP contribution in [0.5, 0.6) is 0 Å². The fourth-order valence-corrected chi connectivity index (χ4v) is 4.26. The highest BCUT2D eigenvalue weighted by Crippen LogP contribution is 2.37. The molecular formula is C13H7BrF3N3S2. The molecule has 0 amide bonds. The maximum absolute atomic E-state index is 12.7. The van der Waals surface area contributed by atoms with Crippen LogP contribution in [0.1, 0.15) is 5.56 Å². The molecule has 0 fully saturated rings. The van der Waals surface area contributed by atoms with Crippen molar-refractivity contribution in [1.29, 1.82) is 0 Å². The van der Waals surface area contributed by atoms with Gasteiger partial charge in [-0.25, -0.2) is 0 Å². The van der Waals surface area contributed by atoms with E-state index < -0.39 is 11.7 Å². The molecule has 0 bridgehead atoms. The number of rotatable bonds is 3. The van der Waals surface area contributed by atoms with E-state index in [1.165, 1.54) is 28.7 Å². The highest BCUT2D eigenvalue weighted by molar-refractivity contribution is 9.10. The molecule has 0 aliphatic rings. The van der Waals surface area contributed by atoms with Crippen molar-refractivity contribution in [3.63, 3.8) is 0 Å². The van der Waals surface area contributed by atoms with Crippen LogP contribution in [0.15, 0.2) is 40.2 Å². The molecule has 3 aromatic rings. The van der Waals surface area contributed by atoms with Crippen LogP contribution in [-0.4, -0.2) is 10.2 Å². The lowest BCUT2D eigenvalue weighted by Crippen LogP contribution is -2.05. The molecule has 3 nitrogen and oxygen atoms in total. The summed E-state index contributed by atoms with van der Waals surface area (Å²) >= 11 is 6.21. The Morgan fingerprint density at radius 1 is 1.14 bits per heavy atom. The van der Waals surface area contributed by atoms with Crippen molar-refractivity contribution in [2.45, 2.75) is 6.18 Å². The number of nitrogens with zero attached hydrogens (tertiary/aromatic N) is 2. The zero-order valence-electron chi connectivity index (χ0n) is 10.7. The number of benzene rings is 1. The molecular weight excluding hydrogens is 399 g/mol. The first kappa shape index (κ1) is 15.4. The molecule has 0 spiro atoms. The zero-order valence-corrected chi connectivity index (χ0v) is 13.9. The van der Waals surface area contributed by atoms with E-state index >= 15 is 0 Å². The fourth-order valence-electron chi connectivity index (χ4n) is 1.71. The molecule has 1 aromatic carbocycles. The van der Waals surface area contributed by atoms with Crippen LogP contribution in [0.2, 0.25) is 0 Å². The van der Waals surface area contributed by atoms with Crippen LogP contribution in [0.25, 0.3) is 9.88 Å². The van der Waals surface area contributed by atoms with Crippen molar-refractivity contribution in [3.05, 3.63) is 45.7 Å². The lowest BCUT2D eigenvalue weighted by Gasteiger charge is -2.08. The average molecular weight is 406 g/mol. The summed E-state index contributed by atoms with van der Waals surface area (Å²) in [6.45, 7) is 0. The summed E-state index contributed by atoms with van der Waals surface area (Å²) in [4.78, 5) is 0.939. The highest BCUT2D eigenvalue weighted by atomic mass is 79.9. The number of hydrogen-bond acceptors (Lipinski definition) is 5. The van der Waals surface area contributed by atoms with Gasteiger partial charge in [0.05, 0.1) is 10.4 Å². The summed E-state index contributed by atoms with van der Waals surface area (Å²) in [5.41, 5.74) is -0.383. The van der Waals surface area contributed by atoms with E-state index in [0.717, 1.165) is 21.5 Å². The summed E-state index contributed by atoms with van der Waals surface area (Å²) in [7, 11) is 0. The first-order valence-electron chi connectivity index (χ1n) is 5.94. The third-order valence-corrected chi connectivity index (χ3v) is 5.51. The van der Waals surface area contributed by atoms with Gasteiger partial charge in [-0.2, -0.15) is 13.2 Å². The van der Waals surface area contributed by atoms with Crippen LogP contribution < -0.4 is 5.32 Å². The number of thiophene rings is 1. The molecule has 9 heteroatoms. The number of anilines is 2. The van der Waals surface area contributed by atoms with Gasteiger partial charge in [-0.15, -0.1) is 21.5 Å². The van der Waals surface area contributed by atoms with E-state index in [1.807, 2.05) is 11.4 Å². The lowest BCUT2D eigenvalue weighted by molar-refractivity contribution is -0.137. The Labute approximate surface area is 140 Å². The molecule has 0 atom stereocenters. The summed E-state index contributed by atoms with van der Waals surface area (Å²) in [6, 6.07) is 6.88. The fraction of sp³-hybridized carbons (Fsp3) is 0.0769. The molecule has 2 heterocycles. The minimum Gasteiger partial charge on any atom is -0.330 e. The second-order valence-electron chi connectivity index (χ2n) is 4.21. The van der Waals surface area contributed by atoms with E-state index in [2.05, 4.69) is 31.4 Å². The number of hydrogen-bond donors (Lipinski definition) is 1. The molecule has 114 valence electrons. The van der Waals surface area contributed by atoms with Gasteiger partial charge in [-0.05, 0) is 45.6 Å². The first-order valence-corrected chi connectivity index (χ1v) is 8.43. The van der Waals surface area contributed by atoms with Gasteiger partial charge in [-0.3, -0.25) is 0 Å². The third kappa shape index (κ3) is 3.31. The van der Waals surface area contributed by atoms with Gasteiger partial charge in [0.25, 0.3) is 0 Å². The molecule has 0 aliphatic heterocycles. The van der Waals surface area contributed by atoms with Crippen LogP contribution in [0.3, 0.4) is 0 Å². The van der Waals surface area contributed by atoms with Gasteiger partial charge in [0.2, 0.25) is 5.13 Å². The van der Waals surface area contributed by atoms with Gasteiger partial charge in [0.15, 0.2) is 5.01 Å². The first-order chi connectivity index (χ1) is 10.4. The molecule has 0 saturated carbocycles. The second kappa shape index (κ2) is 5.98. The average Bonchev–Trinajstić information content (AvgIpc) is 3.07.